The second-order valence-electron chi connectivity index (χ2n) is 4.48. The van der Waals surface area contributed by atoms with Gasteiger partial charge in [-0.2, -0.15) is 0 Å². The molecule has 1 heterocycles. The standard InChI is InChI=1S/C16H12ClNO/c17-15-10-18(9-12-4-2-1-3-5-12)16-8-13(11-19)6-7-14(15)16/h1-8,10-11H,9H2. The van der Waals surface area contributed by atoms with E-state index >= 15 is 0 Å². The van der Waals surface area contributed by atoms with Gasteiger partial charge in [0.1, 0.15) is 6.29 Å². The van der Waals surface area contributed by atoms with Crippen molar-refractivity contribution in [3.63, 3.8) is 0 Å². The summed E-state index contributed by atoms with van der Waals surface area (Å²) in [5, 5.41) is 1.69. The van der Waals surface area contributed by atoms with E-state index in [0.717, 1.165) is 23.7 Å². The van der Waals surface area contributed by atoms with Crippen LogP contribution in [0.4, 0.5) is 0 Å². The van der Waals surface area contributed by atoms with E-state index in [-0.39, 0.29) is 0 Å². The Morgan fingerprint density at radius 2 is 1.89 bits per heavy atom. The maximum Gasteiger partial charge on any atom is 0.150 e. The molecule has 0 radical (unpaired) electrons. The monoisotopic (exact) mass is 269 g/mol. The Labute approximate surface area is 116 Å². The molecule has 3 heteroatoms. The van der Waals surface area contributed by atoms with Crippen LogP contribution >= 0.6 is 11.6 Å². The van der Waals surface area contributed by atoms with Crippen molar-refractivity contribution in [3.05, 3.63) is 70.9 Å². The first kappa shape index (κ1) is 12.0. The first-order valence-electron chi connectivity index (χ1n) is 6.05. The molecule has 0 amide bonds. The summed E-state index contributed by atoms with van der Waals surface area (Å²) in [6.07, 6.45) is 2.76. The molecule has 19 heavy (non-hydrogen) atoms. The van der Waals surface area contributed by atoms with Crippen molar-refractivity contribution in [3.8, 4) is 0 Å². The molecule has 0 aliphatic carbocycles. The van der Waals surface area contributed by atoms with Crippen molar-refractivity contribution in [2.75, 3.05) is 0 Å². The van der Waals surface area contributed by atoms with E-state index in [1.54, 1.807) is 6.07 Å². The first-order valence-corrected chi connectivity index (χ1v) is 6.43. The third-order valence-corrected chi connectivity index (χ3v) is 3.49. The highest BCUT2D eigenvalue weighted by Crippen LogP contribution is 2.27. The van der Waals surface area contributed by atoms with Crippen LogP contribution in [-0.4, -0.2) is 10.9 Å². The minimum atomic E-state index is 0.663. The van der Waals surface area contributed by atoms with Gasteiger partial charge >= 0.3 is 0 Å². The fourth-order valence-electron chi connectivity index (χ4n) is 2.25. The number of benzene rings is 2. The Bertz CT molecular complexity index is 731. The largest absolute Gasteiger partial charge is 0.341 e. The fraction of sp³-hybridized carbons (Fsp3) is 0.0625. The highest BCUT2D eigenvalue weighted by atomic mass is 35.5. The molecule has 0 fully saturated rings. The van der Waals surface area contributed by atoms with Crippen LogP contribution < -0.4 is 0 Å². The van der Waals surface area contributed by atoms with E-state index in [1.165, 1.54) is 5.56 Å². The highest BCUT2D eigenvalue weighted by molar-refractivity contribution is 6.35. The Hall–Kier alpha value is -2.06. The summed E-state index contributed by atoms with van der Waals surface area (Å²) >= 11 is 6.23. The molecule has 0 saturated heterocycles. The van der Waals surface area contributed by atoms with E-state index in [1.807, 2.05) is 36.5 Å². The lowest BCUT2D eigenvalue weighted by Gasteiger charge is -2.05. The summed E-state index contributed by atoms with van der Waals surface area (Å²) in [5.74, 6) is 0. The zero-order valence-electron chi connectivity index (χ0n) is 10.2. The minimum Gasteiger partial charge on any atom is -0.341 e. The van der Waals surface area contributed by atoms with Gasteiger partial charge in [-0.15, -0.1) is 0 Å². The number of hydrogen-bond acceptors (Lipinski definition) is 1. The van der Waals surface area contributed by atoms with E-state index in [9.17, 15) is 4.79 Å². The van der Waals surface area contributed by atoms with Gasteiger partial charge in [-0.3, -0.25) is 4.79 Å². The van der Waals surface area contributed by atoms with Gasteiger partial charge in [-0.1, -0.05) is 54.1 Å². The minimum absolute atomic E-state index is 0.663. The number of fused-ring (bicyclic) bond motifs is 1. The molecule has 2 nitrogen and oxygen atoms in total. The summed E-state index contributed by atoms with van der Waals surface area (Å²) in [6.45, 7) is 0.742. The zero-order valence-corrected chi connectivity index (χ0v) is 11.0. The Morgan fingerprint density at radius 1 is 1.11 bits per heavy atom. The average molecular weight is 270 g/mol. The lowest BCUT2D eigenvalue weighted by atomic mass is 10.2. The van der Waals surface area contributed by atoms with Crippen LogP contribution in [0.5, 0.6) is 0 Å². The van der Waals surface area contributed by atoms with Gasteiger partial charge in [0.15, 0.2) is 0 Å². The smallest absolute Gasteiger partial charge is 0.150 e. The van der Waals surface area contributed by atoms with Gasteiger partial charge in [0.25, 0.3) is 0 Å². The number of carbonyl (C=O) groups excluding carboxylic acids is 1. The Kier molecular flexibility index (Phi) is 3.10. The van der Waals surface area contributed by atoms with Crippen LogP contribution in [0.25, 0.3) is 10.9 Å². The van der Waals surface area contributed by atoms with E-state index in [0.29, 0.717) is 10.6 Å². The van der Waals surface area contributed by atoms with Crippen LogP contribution in [0.1, 0.15) is 15.9 Å². The number of aromatic nitrogens is 1. The molecule has 1 aromatic heterocycles. The molecule has 0 N–H and O–H groups in total. The number of hydrogen-bond donors (Lipinski definition) is 0. The molecule has 94 valence electrons. The summed E-state index contributed by atoms with van der Waals surface area (Å²) < 4.78 is 2.07. The van der Waals surface area contributed by atoms with Crippen LogP contribution in [0, 0.1) is 0 Å². The van der Waals surface area contributed by atoms with Crippen molar-refractivity contribution < 1.29 is 4.79 Å². The Morgan fingerprint density at radius 3 is 2.63 bits per heavy atom. The molecule has 0 aliphatic rings. The zero-order chi connectivity index (χ0) is 13.2. The lowest BCUT2D eigenvalue weighted by molar-refractivity contribution is 0.112. The molecule has 2 aromatic carbocycles. The van der Waals surface area contributed by atoms with Crippen molar-refractivity contribution in [1.82, 2.24) is 4.57 Å². The van der Waals surface area contributed by atoms with Gasteiger partial charge in [-0.25, -0.2) is 0 Å². The molecule has 0 unspecified atom stereocenters. The first-order chi connectivity index (χ1) is 9.28. The van der Waals surface area contributed by atoms with Crippen molar-refractivity contribution in [2.45, 2.75) is 6.54 Å². The molecule has 0 saturated carbocycles. The van der Waals surface area contributed by atoms with Gasteiger partial charge in [0.2, 0.25) is 0 Å². The third-order valence-electron chi connectivity index (χ3n) is 3.19. The molecule has 0 aliphatic heterocycles. The number of halogens is 1. The Balaban J connectivity index is 2.10. The summed E-state index contributed by atoms with van der Waals surface area (Å²) in [6, 6.07) is 15.7. The molecule has 0 spiro atoms. The second-order valence-corrected chi connectivity index (χ2v) is 4.89. The highest BCUT2D eigenvalue weighted by Gasteiger charge is 2.08. The van der Waals surface area contributed by atoms with Gasteiger partial charge < -0.3 is 4.57 Å². The molecular weight excluding hydrogens is 258 g/mol. The van der Waals surface area contributed by atoms with Crippen LogP contribution in [0.2, 0.25) is 5.02 Å². The van der Waals surface area contributed by atoms with Gasteiger partial charge in [-0.05, 0) is 11.6 Å². The fourth-order valence-corrected chi connectivity index (χ4v) is 2.53. The van der Waals surface area contributed by atoms with Crippen molar-refractivity contribution in [1.29, 1.82) is 0 Å². The molecule has 3 aromatic rings. The van der Waals surface area contributed by atoms with E-state index < -0.39 is 0 Å². The number of carbonyl (C=O) groups is 1. The summed E-state index contributed by atoms with van der Waals surface area (Å²) in [7, 11) is 0. The van der Waals surface area contributed by atoms with Crippen molar-refractivity contribution >= 4 is 28.8 Å². The number of aldehydes is 1. The van der Waals surface area contributed by atoms with Crippen LogP contribution in [0.15, 0.2) is 54.7 Å². The van der Waals surface area contributed by atoms with Crippen LogP contribution in [-0.2, 0) is 6.54 Å². The number of nitrogens with zero attached hydrogens (tertiary/aromatic N) is 1. The van der Waals surface area contributed by atoms with E-state index in [2.05, 4.69) is 16.7 Å². The normalized spacial score (nSPS) is 10.8. The molecule has 3 rings (SSSR count). The topological polar surface area (TPSA) is 22.0 Å². The predicted octanol–water partition coefficient (Wildman–Crippen LogP) is 4.16. The molecular formula is C16H12ClNO. The lowest BCUT2D eigenvalue weighted by Crippen LogP contribution is -1.97. The predicted molar refractivity (Wildman–Crippen MR) is 77.9 cm³/mol. The number of rotatable bonds is 3. The van der Waals surface area contributed by atoms with E-state index in [4.69, 9.17) is 11.6 Å². The van der Waals surface area contributed by atoms with Crippen LogP contribution in [0.3, 0.4) is 0 Å². The maximum absolute atomic E-state index is 10.9. The quantitative estimate of drug-likeness (QED) is 0.655. The third kappa shape index (κ3) is 2.27. The molecule has 0 bridgehead atoms. The maximum atomic E-state index is 10.9. The summed E-state index contributed by atoms with van der Waals surface area (Å²) in [4.78, 5) is 10.9. The van der Waals surface area contributed by atoms with Gasteiger partial charge in [0.05, 0.1) is 10.5 Å². The second kappa shape index (κ2) is 4.90. The average Bonchev–Trinajstić information content (AvgIpc) is 2.76. The summed E-state index contributed by atoms with van der Waals surface area (Å²) in [5.41, 5.74) is 2.85. The molecule has 0 atom stereocenters. The van der Waals surface area contributed by atoms with Crippen molar-refractivity contribution in [2.24, 2.45) is 0 Å². The van der Waals surface area contributed by atoms with Gasteiger partial charge in [0, 0.05) is 23.7 Å². The SMILES string of the molecule is O=Cc1ccc2c(Cl)cn(Cc3ccccc3)c2c1.